The number of ether oxygens (including phenoxy) is 2. The second-order valence-corrected chi connectivity index (χ2v) is 12.6. The number of fused-ring (bicyclic) bond motifs is 1. The number of benzene rings is 2. The molecule has 3 rings (SSSR count). The summed E-state index contributed by atoms with van der Waals surface area (Å²) in [4.78, 5) is 12.5. The molecule has 0 radical (unpaired) electrons. The van der Waals surface area contributed by atoms with E-state index in [0.717, 1.165) is 81.7 Å². The molecule has 0 aliphatic carbocycles. The Morgan fingerprint density at radius 2 is 1.87 bits per heavy atom. The maximum Gasteiger partial charge on any atom is 0.318 e. The number of aryl methyl sites for hydroxylation is 1. The smallest absolute Gasteiger partial charge is 0.318 e. The van der Waals surface area contributed by atoms with Crippen LogP contribution >= 0.6 is 0 Å². The molecule has 0 spiro atoms. The van der Waals surface area contributed by atoms with Crippen LogP contribution in [0, 0.1) is 29.1 Å². The monoisotopic (exact) mass is 624 g/mol. The van der Waals surface area contributed by atoms with Crippen LogP contribution in [0.4, 0.5) is 5.82 Å². The first-order valence-corrected chi connectivity index (χ1v) is 17.3. The number of aromatic nitrogens is 2. The minimum absolute atomic E-state index is 0.224. The van der Waals surface area contributed by atoms with Crippen molar-refractivity contribution in [1.29, 1.82) is 5.26 Å². The van der Waals surface area contributed by atoms with E-state index in [1.807, 2.05) is 6.08 Å². The quantitative estimate of drug-likeness (QED) is 0.104. The summed E-state index contributed by atoms with van der Waals surface area (Å²) in [5.41, 5.74) is 3.49. The van der Waals surface area contributed by atoms with Gasteiger partial charge in [-0.3, -0.25) is 0 Å². The lowest BCUT2D eigenvalue weighted by Crippen LogP contribution is -2.32. The highest BCUT2D eigenvalue weighted by molar-refractivity contribution is 5.87. The van der Waals surface area contributed by atoms with Crippen LogP contribution in [0.15, 0.2) is 61.7 Å². The van der Waals surface area contributed by atoms with Gasteiger partial charge < -0.3 is 14.4 Å². The van der Waals surface area contributed by atoms with Gasteiger partial charge >= 0.3 is 6.01 Å². The van der Waals surface area contributed by atoms with Crippen molar-refractivity contribution in [3.05, 3.63) is 78.5 Å². The number of rotatable bonds is 22. The first-order valence-electron chi connectivity index (χ1n) is 17.3. The maximum atomic E-state index is 9.41. The van der Waals surface area contributed by atoms with Crippen molar-refractivity contribution >= 4 is 16.6 Å². The Bertz CT molecular complexity index is 1430. The van der Waals surface area contributed by atoms with E-state index < -0.39 is 0 Å². The van der Waals surface area contributed by atoms with Crippen LogP contribution in [0.3, 0.4) is 0 Å². The van der Waals surface area contributed by atoms with Crippen molar-refractivity contribution in [2.45, 2.75) is 91.9 Å². The van der Waals surface area contributed by atoms with E-state index in [1.54, 1.807) is 7.11 Å². The minimum atomic E-state index is 0.224. The Balaban J connectivity index is 1.96. The highest BCUT2D eigenvalue weighted by Crippen LogP contribution is 2.32. The van der Waals surface area contributed by atoms with Crippen LogP contribution in [0.5, 0.6) is 11.8 Å². The van der Waals surface area contributed by atoms with Crippen LogP contribution in [0.2, 0.25) is 0 Å². The van der Waals surface area contributed by atoms with Crippen molar-refractivity contribution < 1.29 is 9.47 Å². The Hall–Kier alpha value is -3.85. The molecular formula is C40H56N4O2. The maximum absolute atomic E-state index is 9.41. The van der Waals surface area contributed by atoms with E-state index in [1.165, 1.54) is 28.3 Å². The second kappa shape index (κ2) is 19.6. The molecule has 46 heavy (non-hydrogen) atoms. The van der Waals surface area contributed by atoms with Gasteiger partial charge in [-0.05, 0) is 91.2 Å². The topological polar surface area (TPSA) is 71.3 Å². The van der Waals surface area contributed by atoms with Crippen molar-refractivity contribution in [2.24, 2.45) is 17.8 Å². The Kier molecular flexibility index (Phi) is 15.6. The average molecular weight is 625 g/mol. The van der Waals surface area contributed by atoms with E-state index in [9.17, 15) is 5.26 Å². The zero-order chi connectivity index (χ0) is 33.3. The van der Waals surface area contributed by atoms with E-state index in [-0.39, 0.29) is 11.8 Å². The number of allylic oxidation sites excluding steroid dienone is 2. The fourth-order valence-corrected chi connectivity index (χ4v) is 6.27. The highest BCUT2D eigenvalue weighted by Gasteiger charge is 2.23. The molecule has 2 aromatic carbocycles. The molecule has 248 valence electrons. The van der Waals surface area contributed by atoms with E-state index >= 15 is 0 Å². The van der Waals surface area contributed by atoms with Gasteiger partial charge in [0, 0.05) is 25.1 Å². The van der Waals surface area contributed by atoms with Crippen LogP contribution in [-0.4, -0.2) is 36.8 Å². The molecular weight excluding hydrogens is 568 g/mol. The second-order valence-electron chi connectivity index (χ2n) is 12.6. The lowest BCUT2D eigenvalue weighted by Gasteiger charge is -2.29. The normalized spacial score (nSPS) is 13.0. The summed E-state index contributed by atoms with van der Waals surface area (Å²) in [5.74, 6) is 2.72. The van der Waals surface area contributed by atoms with Crippen molar-refractivity contribution in [3.63, 3.8) is 0 Å². The summed E-state index contributed by atoms with van der Waals surface area (Å²) in [5, 5.41) is 11.9. The molecule has 0 saturated heterocycles. The van der Waals surface area contributed by atoms with E-state index in [2.05, 4.69) is 94.3 Å². The van der Waals surface area contributed by atoms with Gasteiger partial charge in [0.25, 0.3) is 0 Å². The standard InChI is InChI=1S/C40H56N4O2/c1-8-13-17-32(16-9-2)29-46-40-42-38(12-5)37(39(43-40)44(24-10-3)28-30(6)22-23-41)21-20-31(11-4)25-34-27-35(45-7)26-33-18-14-15-19-36(33)34/h9,11,14-15,18-19,26-27,30-32H,2,4,8,10,12-13,16-17,20-22,24-25,28-29H2,1,3,5-7H3/t30-,31?,32-/m0/s1. The van der Waals surface area contributed by atoms with Crippen molar-refractivity contribution in [1.82, 2.24) is 9.97 Å². The summed E-state index contributed by atoms with van der Waals surface area (Å²) >= 11 is 0. The number of hydrogen-bond donors (Lipinski definition) is 0. The summed E-state index contributed by atoms with van der Waals surface area (Å²) < 4.78 is 12.0. The van der Waals surface area contributed by atoms with Crippen LogP contribution in [0.25, 0.3) is 10.8 Å². The van der Waals surface area contributed by atoms with Gasteiger partial charge in [0.15, 0.2) is 0 Å². The van der Waals surface area contributed by atoms with Gasteiger partial charge in [-0.1, -0.05) is 77.0 Å². The molecule has 6 nitrogen and oxygen atoms in total. The third-order valence-corrected chi connectivity index (χ3v) is 8.80. The predicted octanol–water partition coefficient (Wildman–Crippen LogP) is 9.71. The fraction of sp³-hybridized carbons (Fsp3) is 0.525. The lowest BCUT2D eigenvalue weighted by atomic mass is 9.90. The van der Waals surface area contributed by atoms with Gasteiger partial charge in [0.05, 0.1) is 25.5 Å². The van der Waals surface area contributed by atoms with Crippen LogP contribution < -0.4 is 14.4 Å². The number of nitrogens with zero attached hydrogens (tertiary/aromatic N) is 4. The molecule has 0 fully saturated rings. The van der Waals surface area contributed by atoms with Gasteiger partial charge in [-0.25, -0.2) is 0 Å². The number of anilines is 1. The third-order valence-electron chi connectivity index (χ3n) is 8.80. The third kappa shape index (κ3) is 10.6. The lowest BCUT2D eigenvalue weighted by molar-refractivity contribution is 0.222. The molecule has 0 amide bonds. The van der Waals surface area contributed by atoms with Gasteiger partial charge in [-0.2, -0.15) is 15.2 Å². The Labute approximate surface area is 278 Å². The molecule has 3 aromatic rings. The molecule has 1 heterocycles. The molecule has 0 N–H and O–H groups in total. The van der Waals surface area contributed by atoms with E-state index in [4.69, 9.17) is 19.4 Å². The molecule has 0 aliphatic heterocycles. The molecule has 1 aromatic heterocycles. The molecule has 0 bridgehead atoms. The number of unbranched alkanes of at least 4 members (excludes halogenated alkanes) is 1. The summed E-state index contributed by atoms with van der Waals surface area (Å²) in [7, 11) is 1.73. The van der Waals surface area contributed by atoms with Crippen LogP contribution in [-0.2, 0) is 19.3 Å². The summed E-state index contributed by atoms with van der Waals surface area (Å²) in [6.45, 7) is 19.1. The van der Waals surface area contributed by atoms with Gasteiger partial charge in [-0.15, -0.1) is 13.2 Å². The number of hydrogen-bond acceptors (Lipinski definition) is 6. The van der Waals surface area contributed by atoms with Gasteiger partial charge in [0.1, 0.15) is 11.6 Å². The number of nitriles is 1. The minimum Gasteiger partial charge on any atom is -0.497 e. The first kappa shape index (κ1) is 36.6. The zero-order valence-corrected chi connectivity index (χ0v) is 29.1. The number of methoxy groups -OCH3 is 1. The molecule has 3 atom stereocenters. The summed E-state index contributed by atoms with van der Waals surface area (Å²) in [6.07, 6.45) is 13.4. The largest absolute Gasteiger partial charge is 0.497 e. The molecule has 0 saturated carbocycles. The first-order chi connectivity index (χ1) is 22.4. The zero-order valence-electron chi connectivity index (χ0n) is 29.1. The molecule has 6 heteroatoms. The predicted molar refractivity (Wildman–Crippen MR) is 193 cm³/mol. The van der Waals surface area contributed by atoms with E-state index in [0.29, 0.717) is 25.0 Å². The SMILES string of the molecule is C=CC[C@@H](CCCC)COc1nc(CC)c(CCC(C=C)Cc2cc(OC)cc3ccccc23)c(N(CCC)C[C@@H](C)CC#N)n1. The summed E-state index contributed by atoms with van der Waals surface area (Å²) in [6, 6.07) is 15.6. The average Bonchev–Trinajstić information content (AvgIpc) is 3.07. The Morgan fingerprint density at radius 3 is 2.54 bits per heavy atom. The van der Waals surface area contributed by atoms with Crippen LogP contribution in [0.1, 0.15) is 89.5 Å². The highest BCUT2D eigenvalue weighted by atomic mass is 16.5. The fourth-order valence-electron chi connectivity index (χ4n) is 6.27. The van der Waals surface area contributed by atoms with Crippen molar-refractivity contribution in [2.75, 3.05) is 31.7 Å². The van der Waals surface area contributed by atoms with Gasteiger partial charge in [0.2, 0.25) is 0 Å². The molecule has 1 unspecified atom stereocenters. The van der Waals surface area contributed by atoms with Crippen molar-refractivity contribution in [3.8, 4) is 17.8 Å². The molecule has 0 aliphatic rings. The Morgan fingerprint density at radius 1 is 1.07 bits per heavy atom.